The topological polar surface area (TPSA) is 72.9 Å². The number of rotatable bonds is 7. The van der Waals surface area contributed by atoms with E-state index in [1.165, 1.54) is 20.3 Å². The van der Waals surface area contributed by atoms with E-state index in [9.17, 15) is 13.2 Å². The first-order chi connectivity index (χ1) is 25.0. The van der Waals surface area contributed by atoms with E-state index in [2.05, 4.69) is 0 Å². The van der Waals surface area contributed by atoms with Crippen LogP contribution >= 0.6 is 11.6 Å². The molecule has 0 spiro atoms. The number of methoxy groups -OCH3 is 2. The van der Waals surface area contributed by atoms with Crippen LogP contribution in [0.2, 0.25) is 5.02 Å². The molecule has 1 saturated heterocycles. The Kier molecular flexibility index (Phi) is 7.69. The second-order valence-corrected chi connectivity index (χ2v) is 13.4. The molecule has 8 rings (SSSR count). The van der Waals surface area contributed by atoms with Crippen LogP contribution in [0.3, 0.4) is 0 Å². The number of carbonyl (C=O) groups excluding carboxylic acids is 3. The Balaban J connectivity index is 1.51. The molecule has 5 aromatic rings. The Labute approximate surface area is 302 Å². The highest BCUT2D eigenvalue weighted by Gasteiger charge is 2.82. The maximum Gasteiger partial charge on any atom is 0.417 e. The van der Waals surface area contributed by atoms with Crippen molar-refractivity contribution >= 4 is 46.0 Å². The predicted molar refractivity (Wildman–Crippen MR) is 190 cm³/mol. The molecule has 4 unspecified atom stereocenters. The van der Waals surface area contributed by atoms with E-state index in [1.807, 2.05) is 24.3 Å². The van der Waals surface area contributed by atoms with Crippen LogP contribution in [-0.2, 0) is 31.4 Å². The van der Waals surface area contributed by atoms with Gasteiger partial charge in [-0.15, -0.1) is 0 Å². The molecule has 0 aromatic heterocycles. The molecule has 0 N–H and O–H groups in total. The van der Waals surface area contributed by atoms with Crippen LogP contribution in [0.5, 0.6) is 11.5 Å². The van der Waals surface area contributed by atoms with Crippen molar-refractivity contribution in [3.05, 3.63) is 160 Å². The number of carbonyl (C=O) groups is 3. The third-order valence-corrected chi connectivity index (χ3v) is 11.1. The van der Waals surface area contributed by atoms with Gasteiger partial charge in [0.15, 0.2) is 5.78 Å². The molecule has 1 aliphatic heterocycles. The number of nitrogens with zero attached hydrogens (tertiary/aromatic N) is 1. The number of imide groups is 1. The summed E-state index contributed by atoms with van der Waals surface area (Å²) in [6.07, 6.45) is -4.86. The molecule has 1 saturated carbocycles. The lowest BCUT2D eigenvalue weighted by molar-refractivity contribution is -0.137. The zero-order valence-electron chi connectivity index (χ0n) is 27.8. The molecule has 1 heterocycles. The smallest absolute Gasteiger partial charge is 0.417 e. The fraction of sp³-hybridized carbons (Fsp3) is 0.167. The molecule has 4 atom stereocenters. The van der Waals surface area contributed by atoms with Crippen molar-refractivity contribution in [3.8, 4) is 11.5 Å². The molecule has 260 valence electrons. The SMILES string of the molecule is COc1ccc(C2=C(c3ccc(OC)cc3)C3(c4ccccc4)C(=O)C2(c2ccccc2)C2C(=O)N(c4ccc(Cl)c(C(F)(F)F)c4)C(=O)C23)cc1. The molecule has 0 radical (unpaired) electrons. The molecule has 2 fully saturated rings. The molecule has 5 aromatic carbocycles. The lowest BCUT2D eigenvalue weighted by Crippen LogP contribution is -2.45. The van der Waals surface area contributed by atoms with Crippen LogP contribution in [0.4, 0.5) is 18.9 Å². The van der Waals surface area contributed by atoms with Gasteiger partial charge in [0, 0.05) is 0 Å². The van der Waals surface area contributed by atoms with Crippen molar-refractivity contribution < 1.29 is 37.0 Å². The Bertz CT molecular complexity index is 2160. The molecule has 2 aliphatic carbocycles. The molecule has 3 aliphatic rings. The van der Waals surface area contributed by atoms with E-state index >= 15 is 14.4 Å². The summed E-state index contributed by atoms with van der Waals surface area (Å²) in [7, 11) is 3.08. The van der Waals surface area contributed by atoms with Crippen LogP contribution in [0.1, 0.15) is 27.8 Å². The first-order valence-corrected chi connectivity index (χ1v) is 16.8. The van der Waals surface area contributed by atoms with Crippen molar-refractivity contribution in [3.63, 3.8) is 0 Å². The van der Waals surface area contributed by atoms with Crippen LogP contribution < -0.4 is 14.4 Å². The number of ether oxygens (including phenoxy) is 2. The number of halogens is 4. The summed E-state index contributed by atoms with van der Waals surface area (Å²) in [5, 5.41) is -0.572. The van der Waals surface area contributed by atoms with Gasteiger partial charge in [0.25, 0.3) is 0 Å². The van der Waals surface area contributed by atoms with Crippen molar-refractivity contribution in [1.29, 1.82) is 0 Å². The van der Waals surface area contributed by atoms with Crippen molar-refractivity contribution in [2.45, 2.75) is 17.0 Å². The van der Waals surface area contributed by atoms with E-state index in [4.69, 9.17) is 21.1 Å². The lowest BCUT2D eigenvalue weighted by atomic mass is 9.59. The average molecular weight is 720 g/mol. The number of ketones is 1. The monoisotopic (exact) mass is 719 g/mol. The van der Waals surface area contributed by atoms with Gasteiger partial charge < -0.3 is 9.47 Å². The van der Waals surface area contributed by atoms with Crippen LogP contribution in [0.15, 0.2) is 127 Å². The summed E-state index contributed by atoms with van der Waals surface area (Å²) in [5.41, 5.74) is -1.71. The van der Waals surface area contributed by atoms with Gasteiger partial charge in [-0.05, 0) is 75.9 Å². The highest BCUT2D eigenvalue weighted by Crippen LogP contribution is 2.74. The number of Topliss-reactive ketones (excluding diaryl/α,β-unsaturated/α-hetero) is 1. The molecular weight excluding hydrogens is 691 g/mol. The average Bonchev–Trinajstić information content (AvgIpc) is 3.67. The first kappa shape index (κ1) is 33.5. The lowest BCUT2D eigenvalue weighted by Gasteiger charge is -2.39. The first-order valence-electron chi connectivity index (χ1n) is 16.5. The third-order valence-electron chi connectivity index (χ3n) is 10.7. The Morgan fingerprint density at radius 1 is 0.615 bits per heavy atom. The van der Waals surface area contributed by atoms with E-state index in [0.717, 1.165) is 17.0 Å². The second-order valence-electron chi connectivity index (χ2n) is 13.0. The molecule has 2 bridgehead atoms. The largest absolute Gasteiger partial charge is 0.497 e. The number of amides is 2. The van der Waals surface area contributed by atoms with Crippen molar-refractivity contribution in [2.24, 2.45) is 11.8 Å². The number of alkyl halides is 3. The van der Waals surface area contributed by atoms with Gasteiger partial charge in [-0.3, -0.25) is 14.4 Å². The van der Waals surface area contributed by atoms with Gasteiger partial charge >= 0.3 is 6.18 Å². The number of benzene rings is 5. The quantitative estimate of drug-likeness (QED) is 0.158. The Morgan fingerprint density at radius 2 is 1.04 bits per heavy atom. The highest BCUT2D eigenvalue weighted by atomic mass is 35.5. The maximum atomic E-state index is 16.0. The number of anilines is 1. The number of hydrogen-bond acceptors (Lipinski definition) is 5. The fourth-order valence-electron chi connectivity index (χ4n) is 8.76. The van der Waals surface area contributed by atoms with Gasteiger partial charge in [-0.2, -0.15) is 13.2 Å². The number of hydrogen-bond donors (Lipinski definition) is 0. The summed E-state index contributed by atoms with van der Waals surface area (Å²) in [4.78, 5) is 47.1. The van der Waals surface area contributed by atoms with E-state index in [1.54, 1.807) is 84.9 Å². The number of allylic oxidation sites excluding steroid dienone is 2. The van der Waals surface area contributed by atoms with Crippen LogP contribution in [-0.4, -0.2) is 31.8 Å². The predicted octanol–water partition coefficient (Wildman–Crippen LogP) is 8.56. The molecule has 2 amide bonds. The summed E-state index contributed by atoms with van der Waals surface area (Å²) in [6, 6.07) is 35.0. The highest BCUT2D eigenvalue weighted by molar-refractivity contribution is 6.39. The van der Waals surface area contributed by atoms with E-state index < -0.39 is 51.2 Å². The second kappa shape index (κ2) is 12.0. The Morgan fingerprint density at radius 3 is 1.42 bits per heavy atom. The summed E-state index contributed by atoms with van der Waals surface area (Å²) >= 11 is 5.98. The van der Waals surface area contributed by atoms with E-state index in [-0.39, 0.29) is 11.5 Å². The summed E-state index contributed by atoms with van der Waals surface area (Å²) in [5.74, 6) is -3.43. The maximum absolute atomic E-state index is 16.0. The summed E-state index contributed by atoms with van der Waals surface area (Å²) in [6.45, 7) is 0. The molecule has 52 heavy (non-hydrogen) atoms. The molecule has 6 nitrogen and oxygen atoms in total. The van der Waals surface area contributed by atoms with Crippen molar-refractivity contribution in [2.75, 3.05) is 19.1 Å². The van der Waals surface area contributed by atoms with Gasteiger partial charge in [0.1, 0.15) is 11.5 Å². The Hall–Kier alpha value is -5.67. The minimum Gasteiger partial charge on any atom is -0.497 e. The zero-order valence-corrected chi connectivity index (χ0v) is 28.5. The van der Waals surface area contributed by atoms with E-state index in [0.29, 0.717) is 44.9 Å². The standard InChI is InChI=1S/C42H29ClF3NO5/c1-51-29-18-13-24(14-19-29)33-34(25-15-20-30(52-2)21-16-25)41(27-11-7-4-8-12-27)36-35(40(33,39(41)50)26-9-5-3-6-10-26)37(48)47(38(36)49)28-17-22-32(43)31(23-28)42(44,45)46/h3-23,35-36H,1-2H3. The normalized spacial score (nSPS) is 23.7. The minimum atomic E-state index is -4.86. The number of fused-ring (bicyclic) bond motifs is 5. The van der Waals surface area contributed by atoms with Gasteiger partial charge in [0.2, 0.25) is 11.8 Å². The summed E-state index contributed by atoms with van der Waals surface area (Å²) < 4.78 is 53.3. The fourth-order valence-corrected chi connectivity index (χ4v) is 8.99. The zero-order chi connectivity index (χ0) is 36.6. The van der Waals surface area contributed by atoms with Crippen LogP contribution in [0.25, 0.3) is 11.1 Å². The minimum absolute atomic E-state index is 0.281. The van der Waals surface area contributed by atoms with Gasteiger partial charge in [0.05, 0.1) is 53.2 Å². The molecule has 10 heteroatoms. The van der Waals surface area contributed by atoms with Gasteiger partial charge in [-0.25, -0.2) is 4.90 Å². The van der Waals surface area contributed by atoms with Crippen LogP contribution in [0, 0.1) is 11.8 Å². The molecular formula is C42H29ClF3NO5. The van der Waals surface area contributed by atoms with Gasteiger partial charge in [-0.1, -0.05) is 96.5 Å². The third kappa shape index (κ3) is 4.41. The van der Waals surface area contributed by atoms with Crippen molar-refractivity contribution in [1.82, 2.24) is 0 Å².